The van der Waals surface area contributed by atoms with Gasteiger partial charge in [0.05, 0.1) is 11.8 Å². The van der Waals surface area contributed by atoms with Gasteiger partial charge >= 0.3 is 0 Å². The van der Waals surface area contributed by atoms with Gasteiger partial charge < -0.3 is 0 Å². The smallest absolute Gasteiger partial charge is 0.0563 e. The highest BCUT2D eigenvalue weighted by Crippen LogP contribution is 2.22. The van der Waals surface area contributed by atoms with Gasteiger partial charge in [-0.05, 0) is 29.8 Å². The summed E-state index contributed by atoms with van der Waals surface area (Å²) in [6, 6.07) is 0. The van der Waals surface area contributed by atoms with Crippen molar-refractivity contribution in [2.75, 3.05) is 0 Å². The van der Waals surface area contributed by atoms with Crippen molar-refractivity contribution in [2.24, 2.45) is 5.41 Å². The molecule has 0 bridgehead atoms. The monoisotopic (exact) mass is 291 g/mol. The Morgan fingerprint density at radius 3 is 2.25 bits per heavy atom. The van der Waals surface area contributed by atoms with E-state index in [9.17, 15) is 0 Å². The van der Waals surface area contributed by atoms with Crippen LogP contribution in [0.15, 0.2) is 11.6 Å². The minimum atomic E-state index is 0.511. The first-order valence-corrected chi connectivity index (χ1v) is 8.80. The SMILES string of the molecule is CC(C)(C)CCCCCCCCCC#Cc1cnsc1. The molecule has 0 unspecified atom stereocenters. The van der Waals surface area contributed by atoms with Crippen molar-refractivity contribution < 1.29 is 0 Å². The topological polar surface area (TPSA) is 12.9 Å². The highest BCUT2D eigenvalue weighted by Gasteiger charge is 2.08. The van der Waals surface area contributed by atoms with Gasteiger partial charge in [0, 0.05) is 11.8 Å². The van der Waals surface area contributed by atoms with Gasteiger partial charge in [0.25, 0.3) is 0 Å². The van der Waals surface area contributed by atoms with Gasteiger partial charge in [0.2, 0.25) is 0 Å². The molecule has 0 aromatic carbocycles. The van der Waals surface area contributed by atoms with Crippen molar-refractivity contribution in [2.45, 2.75) is 78.6 Å². The number of aromatic nitrogens is 1. The first kappa shape index (κ1) is 17.2. The zero-order valence-electron chi connectivity index (χ0n) is 13.4. The second-order valence-corrected chi connectivity index (χ2v) is 7.41. The van der Waals surface area contributed by atoms with Crippen molar-refractivity contribution in [3.8, 4) is 11.8 Å². The van der Waals surface area contributed by atoms with Crippen LogP contribution >= 0.6 is 11.5 Å². The third kappa shape index (κ3) is 10.0. The average Bonchev–Trinajstić information content (AvgIpc) is 2.87. The Morgan fingerprint density at radius 1 is 1.00 bits per heavy atom. The van der Waals surface area contributed by atoms with E-state index in [4.69, 9.17) is 0 Å². The Hall–Kier alpha value is -0.810. The molecule has 0 aliphatic carbocycles. The predicted octanol–water partition coefficient (Wildman–Crippen LogP) is 6.05. The normalized spacial score (nSPS) is 11.2. The highest BCUT2D eigenvalue weighted by molar-refractivity contribution is 7.03. The summed E-state index contributed by atoms with van der Waals surface area (Å²) in [6.07, 6.45) is 13.8. The summed E-state index contributed by atoms with van der Waals surface area (Å²) in [6.45, 7) is 7.00. The molecule has 1 aromatic heterocycles. The van der Waals surface area contributed by atoms with Crippen LogP contribution in [0.4, 0.5) is 0 Å². The molecule has 20 heavy (non-hydrogen) atoms. The maximum Gasteiger partial charge on any atom is 0.0563 e. The summed E-state index contributed by atoms with van der Waals surface area (Å²) in [5, 5.41) is 2.00. The molecular formula is C18H29NS. The number of nitrogens with zero attached hydrogens (tertiary/aromatic N) is 1. The summed E-state index contributed by atoms with van der Waals surface area (Å²) < 4.78 is 4.04. The molecular weight excluding hydrogens is 262 g/mol. The summed E-state index contributed by atoms with van der Waals surface area (Å²) >= 11 is 1.47. The predicted molar refractivity (Wildman–Crippen MR) is 90.0 cm³/mol. The van der Waals surface area contributed by atoms with E-state index in [1.54, 1.807) is 0 Å². The van der Waals surface area contributed by atoms with Crippen molar-refractivity contribution in [1.29, 1.82) is 0 Å². The molecule has 1 aromatic rings. The average molecular weight is 292 g/mol. The van der Waals surface area contributed by atoms with Crippen molar-refractivity contribution >= 4 is 11.5 Å². The molecule has 2 heteroatoms. The van der Waals surface area contributed by atoms with Gasteiger partial charge in [0.1, 0.15) is 0 Å². The largest absolute Gasteiger partial charge is 0.200 e. The number of rotatable bonds is 8. The van der Waals surface area contributed by atoms with Gasteiger partial charge in [0.15, 0.2) is 0 Å². The van der Waals surface area contributed by atoms with Gasteiger partial charge in [-0.15, -0.1) is 0 Å². The van der Waals surface area contributed by atoms with E-state index in [0.29, 0.717) is 5.41 Å². The molecule has 0 aliphatic heterocycles. The molecule has 1 nitrogen and oxygen atoms in total. The van der Waals surface area contributed by atoms with E-state index in [1.807, 2.05) is 11.6 Å². The molecule has 0 spiro atoms. The Kier molecular flexibility index (Phi) is 8.62. The first-order valence-electron chi connectivity index (χ1n) is 7.96. The van der Waals surface area contributed by atoms with E-state index in [0.717, 1.165) is 12.0 Å². The van der Waals surface area contributed by atoms with Crippen molar-refractivity contribution in [3.05, 3.63) is 17.1 Å². The van der Waals surface area contributed by atoms with Gasteiger partial charge in [-0.3, -0.25) is 0 Å². The van der Waals surface area contributed by atoms with Crippen LogP contribution in [-0.4, -0.2) is 4.37 Å². The standard InChI is InChI=1S/C18H29NS/c1-18(2,3)14-12-10-8-6-4-5-7-9-11-13-17-15-19-20-16-17/h15-16H,4-10,12,14H2,1-3H3. The lowest BCUT2D eigenvalue weighted by Gasteiger charge is -2.17. The zero-order chi connectivity index (χ0) is 14.7. The second kappa shape index (κ2) is 10.00. The molecule has 0 saturated heterocycles. The summed E-state index contributed by atoms with van der Waals surface area (Å²) in [5.41, 5.74) is 1.57. The van der Waals surface area contributed by atoms with E-state index in [2.05, 4.69) is 37.0 Å². The van der Waals surface area contributed by atoms with Crippen LogP contribution < -0.4 is 0 Å². The van der Waals surface area contributed by atoms with Gasteiger partial charge in [-0.25, -0.2) is 0 Å². The van der Waals surface area contributed by atoms with Crippen molar-refractivity contribution in [1.82, 2.24) is 4.37 Å². The van der Waals surface area contributed by atoms with Crippen LogP contribution in [0.25, 0.3) is 0 Å². The molecule has 1 rings (SSSR count). The van der Waals surface area contributed by atoms with Crippen molar-refractivity contribution in [3.63, 3.8) is 0 Å². The lowest BCUT2D eigenvalue weighted by Crippen LogP contribution is -2.03. The summed E-state index contributed by atoms with van der Waals surface area (Å²) in [4.78, 5) is 0. The highest BCUT2D eigenvalue weighted by atomic mass is 32.1. The Morgan fingerprint density at radius 2 is 1.65 bits per heavy atom. The number of hydrogen-bond donors (Lipinski definition) is 0. The van der Waals surface area contributed by atoms with Crippen LogP contribution in [0.2, 0.25) is 0 Å². The van der Waals surface area contributed by atoms with Gasteiger partial charge in [-0.2, -0.15) is 4.37 Å². The quantitative estimate of drug-likeness (QED) is 0.419. The third-order valence-electron chi connectivity index (χ3n) is 3.39. The van der Waals surface area contributed by atoms with Crippen LogP contribution in [0, 0.1) is 17.3 Å². The molecule has 0 atom stereocenters. The van der Waals surface area contributed by atoms with Crippen LogP contribution in [0.3, 0.4) is 0 Å². The van der Waals surface area contributed by atoms with Crippen LogP contribution in [-0.2, 0) is 0 Å². The third-order valence-corrected chi connectivity index (χ3v) is 3.98. The number of hydrogen-bond acceptors (Lipinski definition) is 2. The van der Waals surface area contributed by atoms with E-state index >= 15 is 0 Å². The van der Waals surface area contributed by atoms with E-state index in [1.165, 1.54) is 62.9 Å². The fraction of sp³-hybridized carbons (Fsp3) is 0.722. The summed E-state index contributed by atoms with van der Waals surface area (Å²) in [7, 11) is 0. The number of unbranched alkanes of at least 4 members (excludes halogenated alkanes) is 7. The van der Waals surface area contributed by atoms with E-state index in [-0.39, 0.29) is 0 Å². The molecule has 0 radical (unpaired) electrons. The molecule has 112 valence electrons. The second-order valence-electron chi connectivity index (χ2n) is 6.75. The van der Waals surface area contributed by atoms with E-state index < -0.39 is 0 Å². The molecule has 0 N–H and O–H groups in total. The molecule has 0 saturated carbocycles. The first-order chi connectivity index (χ1) is 9.58. The molecule has 0 amide bonds. The maximum atomic E-state index is 4.04. The lowest BCUT2D eigenvalue weighted by molar-refractivity contribution is 0.356. The van der Waals surface area contributed by atoms with Crippen LogP contribution in [0.1, 0.15) is 84.1 Å². The molecule has 1 heterocycles. The Labute approximate surface area is 129 Å². The maximum absolute atomic E-state index is 4.04. The zero-order valence-corrected chi connectivity index (χ0v) is 14.2. The molecule has 0 fully saturated rings. The van der Waals surface area contributed by atoms with Gasteiger partial charge in [-0.1, -0.05) is 71.1 Å². The minimum absolute atomic E-state index is 0.511. The fourth-order valence-corrected chi connectivity index (χ4v) is 2.65. The Balaban J connectivity index is 1.86. The molecule has 0 aliphatic rings. The minimum Gasteiger partial charge on any atom is -0.200 e. The summed E-state index contributed by atoms with van der Waals surface area (Å²) in [5.74, 6) is 6.39. The Bertz CT molecular complexity index is 389. The fourth-order valence-electron chi connectivity index (χ4n) is 2.18. The van der Waals surface area contributed by atoms with Crippen LogP contribution in [0.5, 0.6) is 0 Å². The lowest BCUT2D eigenvalue weighted by atomic mass is 9.89.